The fourth-order valence-corrected chi connectivity index (χ4v) is 7.62. The van der Waals surface area contributed by atoms with E-state index >= 15 is 0 Å². The minimum atomic E-state index is -1.49. The zero-order valence-corrected chi connectivity index (χ0v) is 37.7. The van der Waals surface area contributed by atoms with E-state index in [2.05, 4.69) is 40.3 Å². The average Bonchev–Trinajstić information content (AvgIpc) is 3.30. The summed E-state index contributed by atoms with van der Waals surface area (Å²) in [6.45, 7) is 3.41. The molecule has 4 aromatic carbocycles. The molecule has 6 amide bonds. The highest BCUT2D eigenvalue weighted by atomic mass is 16.4. The number of nitrogens with zero attached hydrogens (tertiary/aromatic N) is 2. The summed E-state index contributed by atoms with van der Waals surface area (Å²) < 4.78 is 0. The lowest BCUT2D eigenvalue weighted by molar-refractivity contribution is -0.143. The highest BCUT2D eigenvalue weighted by Gasteiger charge is 2.34. The number of hydrogen-bond acceptors (Lipinski definition) is 10. The van der Waals surface area contributed by atoms with Crippen LogP contribution in [0, 0.1) is 0 Å². The summed E-state index contributed by atoms with van der Waals surface area (Å²) in [4.78, 5) is 94.9. The molecule has 5 rings (SSSR count). The lowest BCUT2D eigenvalue weighted by Gasteiger charge is -2.30. The first-order valence-corrected chi connectivity index (χ1v) is 21.8. The van der Waals surface area contributed by atoms with E-state index in [9.17, 15) is 54.0 Å². The number of nitrogens with one attached hydrogen (secondary N) is 4. The standard InChI is InChI=1S/C49H58N6O11/c1-6-7-8-9-10-30-11-14-32(15-12-30)33-16-18-34(19-17-33)48(64)54(4)39(27-56)46(62)51-28(2)44(60)50-26-42(59)55(5)43-35-20-22-41(58)37(25-35)36-23-31(13-21-40(36)57)24-38(49(65)66)53-45(61)29(3)52-47(43)63/h11-23,25,28-29,38-39,43,56-58H,6-10,24,26-27H2,1-5H3,(H,50,60)(H,51,62)(H,52,63)(H,53,61)(H,65,66)/t28-,29+,38+,39-,43+/m1/s1. The van der Waals surface area contributed by atoms with Crippen LogP contribution in [0.2, 0.25) is 0 Å². The summed E-state index contributed by atoms with van der Waals surface area (Å²) in [5.41, 5.74) is 4.10. The molecule has 1 aliphatic rings. The van der Waals surface area contributed by atoms with E-state index < -0.39 is 84.8 Å². The molecule has 0 fully saturated rings. The number of aromatic hydroxyl groups is 2. The third-order valence-corrected chi connectivity index (χ3v) is 11.7. The number of carboxylic acid groups (broad SMARTS) is 1. The Kier molecular flexibility index (Phi) is 17.0. The van der Waals surface area contributed by atoms with Crippen molar-refractivity contribution in [3.8, 4) is 33.8 Å². The number of aryl methyl sites for hydroxylation is 1. The molecule has 17 nitrogen and oxygen atoms in total. The zero-order chi connectivity index (χ0) is 48.2. The van der Waals surface area contributed by atoms with Gasteiger partial charge in [0.15, 0.2) is 0 Å². The maximum absolute atomic E-state index is 13.9. The number of aliphatic carboxylic acids is 1. The molecule has 0 unspecified atom stereocenters. The summed E-state index contributed by atoms with van der Waals surface area (Å²) in [5, 5.41) is 51.5. The second-order valence-corrected chi connectivity index (χ2v) is 16.5. The van der Waals surface area contributed by atoms with Crippen molar-refractivity contribution in [1.82, 2.24) is 31.1 Å². The Hall–Kier alpha value is -7.27. The largest absolute Gasteiger partial charge is 0.507 e. The van der Waals surface area contributed by atoms with Gasteiger partial charge < -0.3 is 51.5 Å². The van der Waals surface area contributed by atoms with Crippen molar-refractivity contribution in [1.29, 1.82) is 0 Å². The van der Waals surface area contributed by atoms with E-state index in [1.165, 1.54) is 89.2 Å². The van der Waals surface area contributed by atoms with E-state index in [1.807, 2.05) is 12.1 Å². The average molecular weight is 907 g/mol. The Labute approximate surface area is 383 Å². The quantitative estimate of drug-likeness (QED) is 0.0756. The number of phenols is 2. The van der Waals surface area contributed by atoms with Crippen LogP contribution in [-0.4, -0.2) is 123 Å². The van der Waals surface area contributed by atoms with Crippen molar-refractivity contribution in [2.45, 2.75) is 89.5 Å². The Morgan fingerprint density at radius 1 is 0.788 bits per heavy atom. The van der Waals surface area contributed by atoms with Crippen LogP contribution < -0.4 is 21.3 Å². The number of carbonyl (C=O) groups excluding carboxylic acids is 6. The van der Waals surface area contributed by atoms with Gasteiger partial charge in [-0.2, -0.15) is 0 Å². The maximum atomic E-state index is 13.9. The third-order valence-electron chi connectivity index (χ3n) is 11.7. The molecule has 350 valence electrons. The first-order chi connectivity index (χ1) is 31.4. The number of rotatable bonds is 16. The van der Waals surface area contributed by atoms with E-state index in [0.717, 1.165) is 33.8 Å². The Morgan fingerprint density at radius 3 is 2.03 bits per heavy atom. The van der Waals surface area contributed by atoms with Gasteiger partial charge in [0, 0.05) is 37.2 Å². The van der Waals surface area contributed by atoms with Crippen LogP contribution >= 0.6 is 0 Å². The maximum Gasteiger partial charge on any atom is 0.326 e. The molecule has 8 N–H and O–H groups in total. The minimum absolute atomic E-state index is 0.0560. The minimum Gasteiger partial charge on any atom is -0.507 e. The summed E-state index contributed by atoms with van der Waals surface area (Å²) in [5.74, 6) is -6.64. The fraction of sp³-hybridized carbons (Fsp3) is 0.367. The normalized spacial score (nSPS) is 16.9. The molecule has 0 saturated carbocycles. The Bertz CT molecular complexity index is 2420. The number of fused-ring (bicyclic) bond motifs is 5. The van der Waals surface area contributed by atoms with Crippen molar-refractivity contribution in [3.05, 3.63) is 107 Å². The molecule has 1 aliphatic heterocycles. The van der Waals surface area contributed by atoms with Crippen LogP contribution in [0.3, 0.4) is 0 Å². The third kappa shape index (κ3) is 12.3. The van der Waals surface area contributed by atoms with Gasteiger partial charge in [-0.25, -0.2) is 4.79 Å². The van der Waals surface area contributed by atoms with Gasteiger partial charge in [0.25, 0.3) is 5.91 Å². The van der Waals surface area contributed by atoms with E-state index in [0.29, 0.717) is 5.56 Å². The van der Waals surface area contributed by atoms with Crippen molar-refractivity contribution >= 4 is 41.4 Å². The number of likely N-dealkylation sites (N-methyl/N-ethyl adjacent to an activating group) is 2. The van der Waals surface area contributed by atoms with Gasteiger partial charge in [0.2, 0.25) is 29.5 Å². The number of benzene rings is 4. The highest BCUT2D eigenvalue weighted by Crippen LogP contribution is 2.38. The number of hydrogen-bond donors (Lipinski definition) is 8. The summed E-state index contributed by atoms with van der Waals surface area (Å²) in [6.07, 6.45) is 5.57. The van der Waals surface area contributed by atoms with Crippen LogP contribution in [0.4, 0.5) is 0 Å². The molecule has 17 heteroatoms. The van der Waals surface area contributed by atoms with Crippen LogP contribution in [0.1, 0.15) is 79.5 Å². The first-order valence-electron chi connectivity index (χ1n) is 21.8. The molecule has 4 bridgehead atoms. The number of carboxylic acids is 1. The highest BCUT2D eigenvalue weighted by molar-refractivity contribution is 5.99. The number of amides is 6. The number of aliphatic hydroxyl groups excluding tert-OH is 1. The number of unbranched alkanes of at least 4 members (excludes halogenated alkanes) is 3. The molecule has 0 spiro atoms. The van der Waals surface area contributed by atoms with Crippen LogP contribution in [0.25, 0.3) is 22.3 Å². The van der Waals surface area contributed by atoms with Crippen molar-refractivity contribution in [2.24, 2.45) is 0 Å². The second-order valence-electron chi connectivity index (χ2n) is 16.5. The molecular formula is C49H58N6O11. The van der Waals surface area contributed by atoms with E-state index in [4.69, 9.17) is 0 Å². The summed E-state index contributed by atoms with van der Waals surface area (Å²) in [6, 6.07) is 16.5. The molecule has 66 heavy (non-hydrogen) atoms. The Morgan fingerprint density at radius 2 is 1.41 bits per heavy atom. The van der Waals surface area contributed by atoms with Gasteiger partial charge in [0.1, 0.15) is 41.7 Å². The van der Waals surface area contributed by atoms with E-state index in [1.54, 1.807) is 24.3 Å². The molecule has 1 heterocycles. The monoisotopic (exact) mass is 906 g/mol. The second kappa shape index (κ2) is 22.6. The van der Waals surface area contributed by atoms with Crippen molar-refractivity contribution in [2.75, 3.05) is 27.2 Å². The molecular weight excluding hydrogens is 849 g/mol. The molecule has 5 atom stereocenters. The van der Waals surface area contributed by atoms with Gasteiger partial charge >= 0.3 is 5.97 Å². The van der Waals surface area contributed by atoms with Crippen molar-refractivity contribution in [3.63, 3.8) is 0 Å². The lowest BCUT2D eigenvalue weighted by Crippen LogP contribution is -2.55. The number of aliphatic hydroxyl groups is 1. The van der Waals surface area contributed by atoms with Crippen molar-refractivity contribution < 1.29 is 54.0 Å². The molecule has 0 aliphatic carbocycles. The zero-order valence-electron chi connectivity index (χ0n) is 37.7. The predicted octanol–water partition coefficient (Wildman–Crippen LogP) is 3.44. The number of carbonyl (C=O) groups is 7. The first kappa shape index (κ1) is 49.7. The SMILES string of the molecule is CCCCCCc1ccc(-c2ccc(C(=O)N(C)[C@H](CO)C(=O)N[C@H](C)C(=O)NCC(=O)N(C)[C@@H]3C(=O)N[C@@H](C)C(=O)N[C@H](C(=O)O)Cc4ccc(O)c(c4)-c4cc3ccc4O)cc2)cc1. The van der Waals surface area contributed by atoms with Gasteiger partial charge in [-0.3, -0.25) is 28.8 Å². The fourth-order valence-electron chi connectivity index (χ4n) is 7.62. The predicted molar refractivity (Wildman–Crippen MR) is 245 cm³/mol. The lowest BCUT2D eigenvalue weighted by atomic mass is 9.94. The van der Waals surface area contributed by atoms with E-state index in [-0.39, 0.29) is 40.2 Å². The molecule has 0 aromatic heterocycles. The number of phenolic OH excluding ortho intramolecular Hbond substituents is 2. The van der Waals surface area contributed by atoms with Gasteiger partial charge in [-0.05, 0) is 90.9 Å². The smallest absolute Gasteiger partial charge is 0.326 e. The van der Waals surface area contributed by atoms with Gasteiger partial charge in [-0.15, -0.1) is 0 Å². The summed E-state index contributed by atoms with van der Waals surface area (Å²) >= 11 is 0. The van der Waals surface area contributed by atoms with Crippen LogP contribution in [0.5, 0.6) is 11.5 Å². The van der Waals surface area contributed by atoms with Gasteiger partial charge in [0.05, 0.1) is 13.2 Å². The van der Waals surface area contributed by atoms with Crippen LogP contribution in [-0.2, 0) is 41.6 Å². The molecule has 0 radical (unpaired) electrons. The van der Waals surface area contributed by atoms with Gasteiger partial charge in [-0.1, -0.05) is 74.7 Å². The Balaban J connectivity index is 1.23. The molecule has 0 saturated heterocycles. The topological polar surface area (TPSA) is 255 Å². The molecule has 4 aromatic rings. The van der Waals surface area contributed by atoms with Crippen LogP contribution in [0.15, 0.2) is 84.9 Å². The summed E-state index contributed by atoms with van der Waals surface area (Å²) in [7, 11) is 2.62.